The van der Waals surface area contributed by atoms with E-state index in [0.29, 0.717) is 10.7 Å². The van der Waals surface area contributed by atoms with Gasteiger partial charge in [-0.05, 0) is 47.5 Å². The van der Waals surface area contributed by atoms with E-state index in [2.05, 4.69) is 31.3 Å². The van der Waals surface area contributed by atoms with Crippen LogP contribution in [0.4, 0.5) is 11.5 Å². The van der Waals surface area contributed by atoms with Gasteiger partial charge in [0.2, 0.25) is 0 Å². The minimum atomic E-state index is 0.536. The van der Waals surface area contributed by atoms with Gasteiger partial charge in [-0.3, -0.25) is 0 Å². The van der Waals surface area contributed by atoms with Crippen LogP contribution in [0, 0.1) is 13.8 Å². The maximum atomic E-state index is 6.19. The number of hydrogen-bond donors (Lipinski definition) is 1. The molecule has 22 heavy (non-hydrogen) atoms. The SMILES string of the molecule is COc1ccc(C)c(Nc2c(Br)cc(Cl)c3ncnn23)c1C. The first-order valence-electron chi connectivity index (χ1n) is 6.62. The summed E-state index contributed by atoms with van der Waals surface area (Å²) in [7, 11) is 1.66. The van der Waals surface area contributed by atoms with Crippen LogP contribution in [0.15, 0.2) is 29.0 Å². The summed E-state index contributed by atoms with van der Waals surface area (Å²) in [5, 5.41) is 8.19. The van der Waals surface area contributed by atoms with Gasteiger partial charge in [-0.2, -0.15) is 9.61 Å². The summed E-state index contributed by atoms with van der Waals surface area (Å²) in [6.45, 7) is 4.05. The molecule has 0 aliphatic rings. The largest absolute Gasteiger partial charge is 0.496 e. The number of aromatic nitrogens is 3. The molecule has 0 unspecified atom stereocenters. The van der Waals surface area contributed by atoms with Crippen molar-refractivity contribution in [1.82, 2.24) is 14.6 Å². The first-order valence-corrected chi connectivity index (χ1v) is 7.79. The van der Waals surface area contributed by atoms with Gasteiger partial charge in [-0.15, -0.1) is 0 Å². The number of ether oxygens (including phenoxy) is 1. The molecule has 2 heterocycles. The Morgan fingerprint density at radius 1 is 1.32 bits per heavy atom. The molecular formula is C15H14BrClN4O. The van der Waals surface area contributed by atoms with Crippen molar-refractivity contribution in [1.29, 1.82) is 0 Å². The molecule has 0 spiro atoms. The van der Waals surface area contributed by atoms with Crippen molar-refractivity contribution < 1.29 is 4.74 Å². The number of methoxy groups -OCH3 is 1. The average Bonchev–Trinajstić information content (AvgIpc) is 2.96. The van der Waals surface area contributed by atoms with Gasteiger partial charge in [-0.1, -0.05) is 17.7 Å². The molecule has 3 rings (SSSR count). The Morgan fingerprint density at radius 2 is 2.09 bits per heavy atom. The molecule has 0 atom stereocenters. The Kier molecular flexibility index (Phi) is 3.97. The molecule has 5 nitrogen and oxygen atoms in total. The Balaban J connectivity index is 2.17. The van der Waals surface area contributed by atoms with Gasteiger partial charge in [0.15, 0.2) is 5.65 Å². The van der Waals surface area contributed by atoms with Crippen LogP contribution in [0.5, 0.6) is 5.75 Å². The normalized spacial score (nSPS) is 11.0. The number of nitrogens with zero attached hydrogens (tertiary/aromatic N) is 3. The van der Waals surface area contributed by atoms with Gasteiger partial charge in [0, 0.05) is 11.3 Å². The van der Waals surface area contributed by atoms with E-state index in [1.807, 2.05) is 26.0 Å². The van der Waals surface area contributed by atoms with Crippen LogP contribution in [-0.2, 0) is 0 Å². The first kappa shape index (κ1) is 15.1. The summed E-state index contributed by atoms with van der Waals surface area (Å²) in [6.07, 6.45) is 1.48. The summed E-state index contributed by atoms with van der Waals surface area (Å²) < 4.78 is 7.87. The van der Waals surface area contributed by atoms with Crippen LogP contribution in [-0.4, -0.2) is 21.7 Å². The molecule has 7 heteroatoms. The van der Waals surface area contributed by atoms with Crippen molar-refractivity contribution in [2.75, 3.05) is 12.4 Å². The third-order valence-electron chi connectivity index (χ3n) is 3.54. The summed E-state index contributed by atoms with van der Waals surface area (Å²) in [6, 6.07) is 5.77. The van der Waals surface area contributed by atoms with Crippen molar-refractivity contribution in [2.45, 2.75) is 13.8 Å². The molecule has 0 radical (unpaired) electrons. The monoisotopic (exact) mass is 380 g/mol. The molecule has 0 aliphatic heterocycles. The number of pyridine rings is 1. The highest BCUT2D eigenvalue weighted by atomic mass is 79.9. The van der Waals surface area contributed by atoms with Crippen LogP contribution < -0.4 is 10.1 Å². The van der Waals surface area contributed by atoms with Crippen LogP contribution in [0.3, 0.4) is 0 Å². The molecule has 3 aromatic rings. The van der Waals surface area contributed by atoms with E-state index in [1.165, 1.54) is 6.33 Å². The number of hydrogen-bond acceptors (Lipinski definition) is 4. The lowest BCUT2D eigenvalue weighted by atomic mass is 10.1. The summed E-state index contributed by atoms with van der Waals surface area (Å²) in [5.41, 5.74) is 3.70. The van der Waals surface area contributed by atoms with Crippen molar-refractivity contribution in [3.8, 4) is 5.75 Å². The Hall–Kier alpha value is -1.79. The predicted octanol–water partition coefficient (Wildman–Crippen LogP) is 4.51. The Bertz CT molecular complexity index is 862. The van der Waals surface area contributed by atoms with Gasteiger partial charge in [-0.25, -0.2) is 4.98 Å². The molecule has 0 amide bonds. The molecular weight excluding hydrogens is 368 g/mol. The smallest absolute Gasteiger partial charge is 0.176 e. The van der Waals surface area contributed by atoms with E-state index < -0.39 is 0 Å². The van der Waals surface area contributed by atoms with Gasteiger partial charge in [0.05, 0.1) is 16.6 Å². The second kappa shape index (κ2) is 5.78. The zero-order chi connectivity index (χ0) is 15.9. The topological polar surface area (TPSA) is 51.5 Å². The second-order valence-electron chi connectivity index (χ2n) is 4.89. The van der Waals surface area contributed by atoms with Gasteiger partial charge in [0.25, 0.3) is 0 Å². The van der Waals surface area contributed by atoms with Crippen LogP contribution >= 0.6 is 27.5 Å². The molecule has 0 aliphatic carbocycles. The van der Waals surface area contributed by atoms with E-state index in [4.69, 9.17) is 16.3 Å². The van der Waals surface area contributed by atoms with E-state index in [1.54, 1.807) is 17.7 Å². The zero-order valence-corrected chi connectivity index (χ0v) is 14.7. The third-order valence-corrected chi connectivity index (χ3v) is 4.42. The lowest BCUT2D eigenvalue weighted by Gasteiger charge is -2.17. The van der Waals surface area contributed by atoms with E-state index in [-0.39, 0.29) is 0 Å². The summed E-state index contributed by atoms with van der Waals surface area (Å²) in [4.78, 5) is 4.17. The molecule has 0 bridgehead atoms. The van der Waals surface area contributed by atoms with Gasteiger partial charge in [0.1, 0.15) is 17.9 Å². The van der Waals surface area contributed by atoms with Crippen LogP contribution in [0.25, 0.3) is 5.65 Å². The maximum Gasteiger partial charge on any atom is 0.176 e. The van der Waals surface area contributed by atoms with E-state index >= 15 is 0 Å². The average molecular weight is 382 g/mol. The third kappa shape index (κ3) is 2.42. The zero-order valence-electron chi connectivity index (χ0n) is 12.3. The Morgan fingerprint density at radius 3 is 2.82 bits per heavy atom. The standard InChI is InChI=1S/C15H14BrClN4O/c1-8-4-5-12(22-3)9(2)13(8)20-14-10(16)6-11(17)15-18-7-19-21(14)15/h4-7,20H,1-3H3. The molecule has 114 valence electrons. The number of fused-ring (bicyclic) bond motifs is 1. The minimum absolute atomic E-state index is 0.536. The fourth-order valence-electron chi connectivity index (χ4n) is 2.39. The highest BCUT2D eigenvalue weighted by Gasteiger charge is 2.15. The number of anilines is 2. The number of halogens is 2. The van der Waals surface area contributed by atoms with Crippen molar-refractivity contribution in [3.05, 3.63) is 45.1 Å². The van der Waals surface area contributed by atoms with Crippen molar-refractivity contribution in [3.63, 3.8) is 0 Å². The summed E-state index contributed by atoms with van der Waals surface area (Å²) in [5.74, 6) is 1.59. The van der Waals surface area contributed by atoms with Crippen LogP contribution in [0.1, 0.15) is 11.1 Å². The summed E-state index contributed by atoms with van der Waals surface area (Å²) >= 11 is 9.72. The highest BCUT2D eigenvalue weighted by Crippen LogP contribution is 2.35. The quantitative estimate of drug-likeness (QED) is 0.725. The minimum Gasteiger partial charge on any atom is -0.496 e. The number of benzene rings is 1. The maximum absolute atomic E-state index is 6.19. The van der Waals surface area contributed by atoms with Crippen LogP contribution in [0.2, 0.25) is 5.02 Å². The Labute approximate surface area is 141 Å². The lowest BCUT2D eigenvalue weighted by molar-refractivity contribution is 0.412. The van der Waals surface area contributed by atoms with Crippen molar-refractivity contribution >= 4 is 44.7 Å². The van der Waals surface area contributed by atoms with E-state index in [9.17, 15) is 0 Å². The van der Waals surface area contributed by atoms with Crippen molar-refractivity contribution in [2.24, 2.45) is 0 Å². The fourth-order valence-corrected chi connectivity index (χ4v) is 3.25. The molecule has 0 saturated carbocycles. The molecule has 2 aromatic heterocycles. The van der Waals surface area contributed by atoms with Gasteiger partial charge >= 0.3 is 0 Å². The molecule has 0 fully saturated rings. The highest BCUT2D eigenvalue weighted by molar-refractivity contribution is 9.10. The van der Waals surface area contributed by atoms with Gasteiger partial charge < -0.3 is 10.1 Å². The second-order valence-corrected chi connectivity index (χ2v) is 6.16. The lowest BCUT2D eigenvalue weighted by Crippen LogP contribution is -2.05. The molecule has 1 N–H and O–H groups in total. The fraction of sp³-hybridized carbons (Fsp3) is 0.200. The number of nitrogens with one attached hydrogen (secondary N) is 1. The molecule has 1 aromatic carbocycles. The molecule has 0 saturated heterocycles. The number of aryl methyl sites for hydroxylation is 1. The first-order chi connectivity index (χ1) is 10.5. The van der Waals surface area contributed by atoms with E-state index in [0.717, 1.165) is 32.9 Å². The number of rotatable bonds is 3. The predicted molar refractivity (Wildman–Crippen MR) is 91.4 cm³/mol.